The van der Waals surface area contributed by atoms with Crippen molar-refractivity contribution in [3.05, 3.63) is 24.2 Å². The molecule has 9 heavy (non-hydrogen) atoms. The Balaban J connectivity index is 3.40. The van der Waals surface area contributed by atoms with E-state index in [-0.39, 0.29) is 0 Å². The molecule has 0 saturated heterocycles. The predicted octanol–water partition coefficient (Wildman–Crippen LogP) is 1.40. The van der Waals surface area contributed by atoms with Crippen LogP contribution in [0.4, 0.5) is 0 Å². The van der Waals surface area contributed by atoms with Crippen LogP contribution in [0.3, 0.4) is 0 Å². The maximum absolute atomic E-state index is 9.18. The first-order valence-corrected chi connectivity index (χ1v) is 2.13. The molecule has 0 saturated carbocycles. The standard InChI is InChI=1S/C7H8O2/c1-9-7-4-2-6(8)3-5-7/h2-5,8H,1H3/i1D3,2D,3D,4D,5D. The van der Waals surface area contributed by atoms with Gasteiger partial charge in [-0.25, -0.2) is 0 Å². The lowest BCUT2D eigenvalue weighted by atomic mass is 10.3. The van der Waals surface area contributed by atoms with Crippen molar-refractivity contribution >= 4 is 0 Å². The fourth-order valence-electron chi connectivity index (χ4n) is 0.345. The molecule has 0 atom stereocenters. The number of phenols is 1. The molecule has 0 radical (unpaired) electrons. The molecular formula is C7H8O2. The zero-order chi connectivity index (χ0) is 12.7. The van der Waals surface area contributed by atoms with Crippen LogP contribution >= 0.6 is 0 Å². The third-order valence-corrected chi connectivity index (χ3v) is 0.691. The first kappa shape index (κ1) is 1.66. The normalized spacial score (nSPS) is 21.6. The molecule has 0 aliphatic rings. The van der Waals surface area contributed by atoms with E-state index in [1.165, 1.54) is 0 Å². The number of phenolic OH excluding ortho intramolecular Hbond substituents is 1. The maximum atomic E-state index is 9.18. The Labute approximate surface area is 63.5 Å². The van der Waals surface area contributed by atoms with Crippen molar-refractivity contribution in [1.29, 1.82) is 0 Å². The van der Waals surface area contributed by atoms with Gasteiger partial charge < -0.3 is 9.84 Å². The molecule has 1 N–H and O–H groups in total. The Morgan fingerprint density at radius 1 is 1.56 bits per heavy atom. The van der Waals surface area contributed by atoms with E-state index in [1.807, 2.05) is 0 Å². The minimum Gasteiger partial charge on any atom is -0.508 e. The number of methoxy groups -OCH3 is 1. The Hall–Kier alpha value is -1.18. The molecule has 2 nitrogen and oxygen atoms in total. The monoisotopic (exact) mass is 131 g/mol. The highest BCUT2D eigenvalue weighted by Gasteiger charge is 1.87. The van der Waals surface area contributed by atoms with Gasteiger partial charge >= 0.3 is 0 Å². The van der Waals surface area contributed by atoms with E-state index in [2.05, 4.69) is 4.74 Å². The Kier molecular flexibility index (Phi) is 0.441. The van der Waals surface area contributed by atoms with Crippen molar-refractivity contribution < 1.29 is 19.4 Å². The fourth-order valence-corrected chi connectivity index (χ4v) is 0.345. The first-order valence-electron chi connectivity index (χ1n) is 5.63. The van der Waals surface area contributed by atoms with Gasteiger partial charge in [0, 0.05) is 0 Å². The highest BCUT2D eigenvalue weighted by Crippen LogP contribution is 2.14. The van der Waals surface area contributed by atoms with E-state index >= 15 is 0 Å². The maximum Gasteiger partial charge on any atom is 0.119 e. The number of aromatic hydroxyl groups is 1. The molecule has 0 aliphatic carbocycles. The van der Waals surface area contributed by atoms with E-state index in [0.29, 0.717) is 0 Å². The summed E-state index contributed by atoms with van der Waals surface area (Å²) in [6.45, 7) is 0. The second-order valence-corrected chi connectivity index (χ2v) is 1.28. The van der Waals surface area contributed by atoms with Crippen molar-refractivity contribution in [3.8, 4) is 11.5 Å². The zero-order valence-corrected chi connectivity index (χ0v) is 4.36. The van der Waals surface area contributed by atoms with E-state index in [9.17, 15) is 5.11 Å². The third-order valence-electron chi connectivity index (χ3n) is 0.691. The van der Waals surface area contributed by atoms with Gasteiger partial charge in [0.2, 0.25) is 0 Å². The number of hydrogen-bond acceptors (Lipinski definition) is 2. The molecule has 0 fully saturated rings. The largest absolute Gasteiger partial charge is 0.508 e. The van der Waals surface area contributed by atoms with Gasteiger partial charge in [0.05, 0.1) is 16.6 Å². The van der Waals surface area contributed by atoms with Gasteiger partial charge in [0.25, 0.3) is 0 Å². The van der Waals surface area contributed by atoms with Gasteiger partial charge in [-0.15, -0.1) is 0 Å². The lowest BCUT2D eigenvalue weighted by Gasteiger charge is -1.96. The second-order valence-electron chi connectivity index (χ2n) is 1.28. The van der Waals surface area contributed by atoms with Crippen LogP contribution in [-0.2, 0) is 0 Å². The predicted molar refractivity (Wildman–Crippen MR) is 34.7 cm³/mol. The third kappa shape index (κ3) is 1.35. The molecule has 0 heterocycles. The number of hydrogen-bond donors (Lipinski definition) is 1. The molecule has 0 unspecified atom stereocenters. The molecule has 0 spiro atoms. The van der Waals surface area contributed by atoms with Crippen LogP contribution in [0.5, 0.6) is 11.5 Å². The molecule has 0 aromatic heterocycles. The molecule has 0 amide bonds. The van der Waals surface area contributed by atoms with E-state index < -0.39 is 42.7 Å². The average Bonchev–Trinajstić information content (AvgIpc) is 2.17. The van der Waals surface area contributed by atoms with E-state index in [0.717, 1.165) is 0 Å². The molecule has 0 aliphatic heterocycles. The van der Waals surface area contributed by atoms with Crippen LogP contribution in [0.25, 0.3) is 0 Å². The Morgan fingerprint density at radius 2 is 2.22 bits per heavy atom. The number of rotatable bonds is 1. The number of benzene rings is 1. The highest BCUT2D eigenvalue weighted by molar-refractivity contribution is 5.29. The quantitative estimate of drug-likeness (QED) is 0.624. The minimum absolute atomic E-state index is 0.701. The molecule has 2 heteroatoms. The van der Waals surface area contributed by atoms with Crippen molar-refractivity contribution in [2.75, 3.05) is 7.04 Å². The van der Waals surface area contributed by atoms with Crippen LogP contribution in [0.2, 0.25) is 0 Å². The van der Waals surface area contributed by atoms with Crippen molar-refractivity contribution in [3.63, 3.8) is 0 Å². The van der Waals surface area contributed by atoms with Crippen LogP contribution in [0.15, 0.2) is 24.2 Å². The SMILES string of the molecule is [2H]c1c([2H])c(OC([2H])([2H])[2H])c([2H])c([2H])c1O. The summed E-state index contributed by atoms with van der Waals surface area (Å²) >= 11 is 0. The van der Waals surface area contributed by atoms with E-state index in [4.69, 9.17) is 9.60 Å². The summed E-state index contributed by atoms with van der Waals surface area (Å²) in [5, 5.41) is 9.18. The molecule has 1 aromatic rings. The topological polar surface area (TPSA) is 29.5 Å². The highest BCUT2D eigenvalue weighted by atomic mass is 16.5. The Morgan fingerprint density at radius 3 is 2.78 bits per heavy atom. The smallest absolute Gasteiger partial charge is 0.119 e. The van der Waals surface area contributed by atoms with Gasteiger partial charge in [0.15, 0.2) is 0 Å². The summed E-state index contributed by atoms with van der Waals surface area (Å²) in [4.78, 5) is 0. The van der Waals surface area contributed by atoms with Gasteiger partial charge in [-0.2, -0.15) is 0 Å². The van der Waals surface area contributed by atoms with Crippen LogP contribution < -0.4 is 4.74 Å². The second kappa shape index (κ2) is 2.40. The molecule has 1 rings (SSSR count). The van der Waals surface area contributed by atoms with E-state index in [1.54, 1.807) is 0 Å². The van der Waals surface area contributed by atoms with Crippen LogP contribution in [-0.4, -0.2) is 12.1 Å². The van der Waals surface area contributed by atoms with Crippen molar-refractivity contribution in [2.24, 2.45) is 0 Å². The summed E-state index contributed by atoms with van der Waals surface area (Å²) in [5.74, 6) is -1.54. The lowest BCUT2D eigenvalue weighted by Crippen LogP contribution is -1.79. The summed E-state index contributed by atoms with van der Waals surface area (Å²) in [6, 6.07) is -2.93. The van der Waals surface area contributed by atoms with Crippen LogP contribution in [0, 0.1) is 0 Å². The van der Waals surface area contributed by atoms with Crippen molar-refractivity contribution in [2.45, 2.75) is 0 Å². The summed E-state index contributed by atoms with van der Waals surface area (Å²) < 4.78 is 53.9. The zero-order valence-electron chi connectivity index (χ0n) is 11.4. The fraction of sp³-hybridized carbons (Fsp3) is 0.143. The van der Waals surface area contributed by atoms with Gasteiger partial charge in [-0.1, -0.05) is 0 Å². The summed E-state index contributed by atoms with van der Waals surface area (Å²) in [5.41, 5.74) is 0. The molecule has 0 bridgehead atoms. The van der Waals surface area contributed by atoms with Crippen molar-refractivity contribution in [1.82, 2.24) is 0 Å². The first-order chi connectivity index (χ1) is 7.15. The number of ether oxygens (including phenoxy) is 1. The van der Waals surface area contributed by atoms with Gasteiger partial charge in [-0.05, 0) is 24.2 Å². The Bertz CT molecular complexity index is 397. The lowest BCUT2D eigenvalue weighted by molar-refractivity contribution is 0.412. The van der Waals surface area contributed by atoms with Gasteiger partial charge in [-0.3, -0.25) is 0 Å². The summed E-state index contributed by atoms with van der Waals surface area (Å²) in [6.07, 6.45) is 0. The summed E-state index contributed by atoms with van der Waals surface area (Å²) in [7, 11) is -2.87. The average molecular weight is 131 g/mol. The molecule has 48 valence electrons. The molecular weight excluding hydrogens is 116 g/mol. The van der Waals surface area contributed by atoms with Crippen LogP contribution in [0.1, 0.15) is 9.60 Å². The minimum atomic E-state index is -2.87. The molecule has 1 aromatic carbocycles. The van der Waals surface area contributed by atoms with Gasteiger partial charge in [0.1, 0.15) is 11.5 Å².